The molecule has 2 amide bonds. The Morgan fingerprint density at radius 2 is 1.76 bits per heavy atom. The summed E-state index contributed by atoms with van der Waals surface area (Å²) in [6.07, 6.45) is 0.760. The number of nitrogens with zero attached hydrogens (tertiary/aromatic N) is 1. The van der Waals surface area contributed by atoms with E-state index in [0.29, 0.717) is 23.0 Å². The fourth-order valence-corrected chi connectivity index (χ4v) is 3.62. The second kappa shape index (κ2) is 10.7. The number of benzene rings is 2. The molecule has 0 radical (unpaired) electrons. The zero-order valence-electron chi connectivity index (χ0n) is 17.4. The van der Waals surface area contributed by atoms with Crippen LogP contribution >= 0.6 is 23.2 Å². The highest BCUT2D eigenvalue weighted by molar-refractivity contribution is 6.42. The molecule has 0 saturated carbocycles. The van der Waals surface area contributed by atoms with Crippen molar-refractivity contribution in [2.45, 2.75) is 53.1 Å². The Hall–Kier alpha value is -2.04. The lowest BCUT2D eigenvalue weighted by Crippen LogP contribution is -2.49. The van der Waals surface area contributed by atoms with Gasteiger partial charge in [-0.3, -0.25) is 9.59 Å². The van der Waals surface area contributed by atoms with Crippen LogP contribution < -0.4 is 5.32 Å². The Morgan fingerprint density at radius 1 is 1.03 bits per heavy atom. The number of hydrogen-bond acceptors (Lipinski definition) is 2. The molecule has 2 aromatic carbocycles. The van der Waals surface area contributed by atoms with Gasteiger partial charge in [-0.05, 0) is 56.0 Å². The van der Waals surface area contributed by atoms with Crippen LogP contribution in [0.15, 0.2) is 36.4 Å². The van der Waals surface area contributed by atoms with Gasteiger partial charge in [-0.2, -0.15) is 0 Å². The maximum atomic E-state index is 13.3. The van der Waals surface area contributed by atoms with Crippen LogP contribution in [0.1, 0.15) is 42.5 Å². The minimum atomic E-state index is -0.554. The van der Waals surface area contributed by atoms with Crippen molar-refractivity contribution < 1.29 is 9.59 Å². The maximum absolute atomic E-state index is 13.3. The molecule has 2 aromatic rings. The highest BCUT2D eigenvalue weighted by Crippen LogP contribution is 2.24. The predicted octanol–water partition coefficient (Wildman–Crippen LogP) is 5.10. The quantitative estimate of drug-likeness (QED) is 0.628. The molecule has 0 aliphatic heterocycles. The van der Waals surface area contributed by atoms with Gasteiger partial charge in [0, 0.05) is 13.1 Å². The number of carbonyl (C=O) groups is 2. The van der Waals surface area contributed by atoms with Gasteiger partial charge in [0.1, 0.15) is 6.04 Å². The van der Waals surface area contributed by atoms with Crippen LogP contribution in [0.3, 0.4) is 0 Å². The second-order valence-electron chi connectivity index (χ2n) is 7.20. The lowest BCUT2D eigenvalue weighted by Gasteiger charge is -2.31. The summed E-state index contributed by atoms with van der Waals surface area (Å²) in [6, 6.07) is 10.8. The van der Waals surface area contributed by atoms with Gasteiger partial charge in [0.25, 0.3) is 0 Å². The maximum Gasteiger partial charge on any atom is 0.242 e. The monoisotopic (exact) mass is 434 g/mol. The van der Waals surface area contributed by atoms with Gasteiger partial charge in [0.15, 0.2) is 0 Å². The minimum absolute atomic E-state index is 0.0946. The molecular weight excluding hydrogens is 407 g/mol. The molecule has 4 nitrogen and oxygen atoms in total. The van der Waals surface area contributed by atoms with Crippen molar-refractivity contribution in [3.8, 4) is 0 Å². The fraction of sp³-hybridized carbons (Fsp3) is 0.391. The molecular formula is C23H28Cl2N2O2. The Balaban J connectivity index is 2.36. The fourth-order valence-electron chi connectivity index (χ4n) is 3.30. The Kier molecular flexibility index (Phi) is 8.54. The number of aryl methyl sites for hydroxylation is 2. The molecule has 0 aliphatic carbocycles. The molecule has 0 aromatic heterocycles. The van der Waals surface area contributed by atoms with E-state index in [9.17, 15) is 9.59 Å². The molecule has 1 atom stereocenters. The van der Waals surface area contributed by atoms with Crippen molar-refractivity contribution in [1.82, 2.24) is 10.2 Å². The van der Waals surface area contributed by atoms with E-state index in [4.69, 9.17) is 23.2 Å². The molecule has 2 rings (SSSR count). The van der Waals surface area contributed by atoms with E-state index in [2.05, 4.69) is 5.32 Å². The molecule has 0 saturated heterocycles. The molecule has 0 bridgehead atoms. The molecule has 1 N–H and O–H groups in total. The highest BCUT2D eigenvalue weighted by Gasteiger charge is 2.28. The van der Waals surface area contributed by atoms with Crippen molar-refractivity contribution in [1.29, 1.82) is 0 Å². The first-order valence-corrected chi connectivity index (χ1v) is 10.6. The van der Waals surface area contributed by atoms with Gasteiger partial charge >= 0.3 is 0 Å². The van der Waals surface area contributed by atoms with E-state index in [-0.39, 0.29) is 24.8 Å². The van der Waals surface area contributed by atoms with Gasteiger partial charge in [-0.15, -0.1) is 0 Å². The molecule has 0 fully saturated rings. The zero-order valence-corrected chi connectivity index (χ0v) is 18.9. The Bertz CT molecular complexity index is 883. The van der Waals surface area contributed by atoms with Crippen molar-refractivity contribution in [2.75, 3.05) is 6.54 Å². The molecule has 0 spiro atoms. The third-order valence-corrected chi connectivity index (χ3v) is 5.66. The number of hydrogen-bond donors (Lipinski definition) is 1. The molecule has 6 heteroatoms. The summed E-state index contributed by atoms with van der Waals surface area (Å²) >= 11 is 12.2. The van der Waals surface area contributed by atoms with E-state index < -0.39 is 6.04 Å². The SMILES string of the molecule is CCNC(=O)[C@H](CC)N(Cc1ccc(Cl)c(Cl)c1)C(=O)Cc1cc(C)ccc1C. The second-order valence-corrected chi connectivity index (χ2v) is 8.01. The van der Waals surface area contributed by atoms with Gasteiger partial charge in [-0.25, -0.2) is 0 Å². The van der Waals surface area contributed by atoms with Crippen molar-refractivity contribution in [2.24, 2.45) is 0 Å². The number of nitrogens with one attached hydrogen (secondary N) is 1. The van der Waals surface area contributed by atoms with Crippen LogP contribution in [0, 0.1) is 13.8 Å². The number of halogens is 2. The van der Waals surface area contributed by atoms with Gasteiger partial charge in [0.2, 0.25) is 11.8 Å². The minimum Gasteiger partial charge on any atom is -0.355 e. The first-order valence-electron chi connectivity index (χ1n) is 9.84. The lowest BCUT2D eigenvalue weighted by atomic mass is 10.0. The van der Waals surface area contributed by atoms with Gasteiger partial charge < -0.3 is 10.2 Å². The first kappa shape index (κ1) is 23.2. The van der Waals surface area contributed by atoms with Crippen LogP contribution in [-0.4, -0.2) is 29.3 Å². The van der Waals surface area contributed by atoms with E-state index in [1.807, 2.05) is 52.0 Å². The topological polar surface area (TPSA) is 49.4 Å². The first-order chi connectivity index (χ1) is 13.8. The zero-order chi connectivity index (χ0) is 21.6. The number of amides is 2. The summed E-state index contributed by atoms with van der Waals surface area (Å²) in [4.78, 5) is 27.6. The number of likely N-dealkylation sites (N-methyl/N-ethyl adjacent to an activating group) is 1. The van der Waals surface area contributed by atoms with E-state index in [0.717, 1.165) is 22.3 Å². The van der Waals surface area contributed by atoms with Crippen molar-refractivity contribution in [3.05, 3.63) is 68.7 Å². The van der Waals surface area contributed by atoms with Crippen molar-refractivity contribution >= 4 is 35.0 Å². The summed E-state index contributed by atoms with van der Waals surface area (Å²) in [5, 5.41) is 3.73. The largest absolute Gasteiger partial charge is 0.355 e. The Labute approximate surface area is 183 Å². The molecule has 29 heavy (non-hydrogen) atoms. The average Bonchev–Trinajstić information content (AvgIpc) is 2.67. The average molecular weight is 435 g/mol. The van der Waals surface area contributed by atoms with E-state index >= 15 is 0 Å². The molecule has 156 valence electrons. The molecule has 0 unspecified atom stereocenters. The smallest absolute Gasteiger partial charge is 0.242 e. The van der Waals surface area contributed by atoms with Crippen LogP contribution in [0.5, 0.6) is 0 Å². The Morgan fingerprint density at radius 3 is 2.38 bits per heavy atom. The highest BCUT2D eigenvalue weighted by atomic mass is 35.5. The van der Waals surface area contributed by atoms with Gasteiger partial charge in [0.05, 0.1) is 16.5 Å². The van der Waals surface area contributed by atoms with Crippen LogP contribution in [-0.2, 0) is 22.6 Å². The third-order valence-electron chi connectivity index (χ3n) is 4.92. The van der Waals surface area contributed by atoms with Crippen molar-refractivity contribution in [3.63, 3.8) is 0 Å². The third kappa shape index (κ3) is 6.22. The number of rotatable bonds is 8. The summed E-state index contributed by atoms with van der Waals surface area (Å²) < 4.78 is 0. The van der Waals surface area contributed by atoms with Crippen LogP contribution in [0.25, 0.3) is 0 Å². The van der Waals surface area contributed by atoms with E-state index in [1.54, 1.807) is 17.0 Å². The van der Waals surface area contributed by atoms with Crippen LogP contribution in [0.2, 0.25) is 10.0 Å². The standard InChI is InChI=1S/C23H28Cl2N2O2/c1-5-21(23(29)26-6-2)27(14-17-9-10-19(24)20(25)12-17)22(28)13-18-11-15(3)7-8-16(18)4/h7-12,21H,5-6,13-14H2,1-4H3,(H,26,29)/t21-/m0/s1. The van der Waals surface area contributed by atoms with Crippen LogP contribution in [0.4, 0.5) is 0 Å². The van der Waals surface area contributed by atoms with Gasteiger partial charge in [-0.1, -0.05) is 60.0 Å². The lowest BCUT2D eigenvalue weighted by molar-refractivity contribution is -0.140. The summed E-state index contributed by atoms with van der Waals surface area (Å²) in [5.41, 5.74) is 3.96. The summed E-state index contributed by atoms with van der Waals surface area (Å²) in [5.74, 6) is -0.243. The predicted molar refractivity (Wildman–Crippen MR) is 119 cm³/mol. The summed E-state index contributed by atoms with van der Waals surface area (Å²) in [6.45, 7) is 8.58. The molecule has 0 heterocycles. The summed E-state index contributed by atoms with van der Waals surface area (Å²) in [7, 11) is 0. The molecule has 0 aliphatic rings. The number of carbonyl (C=O) groups excluding carboxylic acids is 2. The van der Waals surface area contributed by atoms with E-state index in [1.165, 1.54) is 0 Å². The normalized spacial score (nSPS) is 11.8.